The number of carboxylic acid groups (broad SMARTS) is 1. The Morgan fingerprint density at radius 2 is 1.69 bits per heavy atom. The number of hydrogen-bond acceptors (Lipinski definition) is 4. The number of ketones is 1. The van der Waals surface area contributed by atoms with Gasteiger partial charge in [-0.15, -0.1) is 0 Å². The van der Waals surface area contributed by atoms with Gasteiger partial charge in [-0.1, -0.05) is 25.0 Å². The number of halogens is 1. The first-order chi connectivity index (χ1) is 17.4. The summed E-state index contributed by atoms with van der Waals surface area (Å²) >= 11 is 0. The molecule has 192 valence electrons. The van der Waals surface area contributed by atoms with Crippen molar-refractivity contribution >= 4 is 17.7 Å². The SMILES string of the molecule is O=C(CCCNC(=O)C1(c2cccc(F)c2)CCCC1)c1ccc(OC2CCC(C(=O)O)CC2)cc1. The van der Waals surface area contributed by atoms with Crippen LogP contribution in [0.3, 0.4) is 0 Å². The van der Waals surface area contributed by atoms with Gasteiger partial charge in [0.2, 0.25) is 5.91 Å². The number of rotatable bonds is 10. The molecule has 0 saturated heterocycles. The second-order valence-electron chi connectivity index (χ2n) is 10.0. The van der Waals surface area contributed by atoms with Crippen LogP contribution in [0, 0.1) is 11.7 Å². The molecule has 2 aromatic rings. The van der Waals surface area contributed by atoms with Crippen molar-refractivity contribution < 1.29 is 28.6 Å². The monoisotopic (exact) mass is 495 g/mol. The van der Waals surface area contributed by atoms with E-state index in [0.717, 1.165) is 18.4 Å². The van der Waals surface area contributed by atoms with E-state index in [2.05, 4.69) is 5.32 Å². The molecule has 1 amide bonds. The predicted molar refractivity (Wildman–Crippen MR) is 134 cm³/mol. The average Bonchev–Trinajstić information content (AvgIpc) is 3.39. The molecule has 0 radical (unpaired) electrons. The van der Waals surface area contributed by atoms with Gasteiger partial charge in [-0.3, -0.25) is 14.4 Å². The van der Waals surface area contributed by atoms with Gasteiger partial charge in [-0.05, 0) is 86.9 Å². The highest BCUT2D eigenvalue weighted by Gasteiger charge is 2.42. The zero-order valence-electron chi connectivity index (χ0n) is 20.5. The summed E-state index contributed by atoms with van der Waals surface area (Å²) in [5.41, 5.74) is 0.635. The molecule has 36 heavy (non-hydrogen) atoms. The number of benzene rings is 2. The van der Waals surface area contributed by atoms with Gasteiger partial charge in [-0.25, -0.2) is 4.39 Å². The Morgan fingerprint density at radius 3 is 2.33 bits per heavy atom. The van der Waals surface area contributed by atoms with Crippen molar-refractivity contribution in [1.29, 1.82) is 0 Å². The van der Waals surface area contributed by atoms with Crippen molar-refractivity contribution in [3.05, 3.63) is 65.5 Å². The maximum atomic E-state index is 13.8. The summed E-state index contributed by atoms with van der Waals surface area (Å²) in [6.45, 7) is 0.391. The van der Waals surface area contributed by atoms with Crippen molar-refractivity contribution in [3.63, 3.8) is 0 Å². The van der Waals surface area contributed by atoms with Crippen molar-refractivity contribution in [1.82, 2.24) is 5.32 Å². The number of aliphatic carboxylic acids is 1. The van der Waals surface area contributed by atoms with Crippen LogP contribution >= 0.6 is 0 Å². The first kappa shape index (κ1) is 25.9. The van der Waals surface area contributed by atoms with Crippen LogP contribution < -0.4 is 10.1 Å². The van der Waals surface area contributed by atoms with Crippen LogP contribution in [-0.4, -0.2) is 35.4 Å². The molecule has 7 heteroatoms. The van der Waals surface area contributed by atoms with E-state index in [-0.39, 0.29) is 29.5 Å². The van der Waals surface area contributed by atoms with Crippen LogP contribution in [0.15, 0.2) is 48.5 Å². The number of ether oxygens (including phenoxy) is 1. The van der Waals surface area contributed by atoms with E-state index < -0.39 is 11.4 Å². The van der Waals surface area contributed by atoms with E-state index in [4.69, 9.17) is 9.84 Å². The summed E-state index contributed by atoms with van der Waals surface area (Å²) in [4.78, 5) is 36.8. The van der Waals surface area contributed by atoms with E-state index in [9.17, 15) is 18.8 Å². The molecule has 2 aliphatic rings. The Bertz CT molecular complexity index is 1070. The molecule has 2 fully saturated rings. The molecule has 2 aliphatic carbocycles. The summed E-state index contributed by atoms with van der Waals surface area (Å²) in [6.07, 6.45) is 6.79. The smallest absolute Gasteiger partial charge is 0.306 e. The molecule has 6 nitrogen and oxygen atoms in total. The fourth-order valence-corrected chi connectivity index (χ4v) is 5.52. The Kier molecular flexibility index (Phi) is 8.39. The number of carboxylic acids is 1. The lowest BCUT2D eigenvalue weighted by Gasteiger charge is -2.28. The molecule has 4 rings (SSSR count). The topological polar surface area (TPSA) is 92.7 Å². The summed E-state index contributed by atoms with van der Waals surface area (Å²) in [5.74, 6) is -0.758. The average molecular weight is 496 g/mol. The van der Waals surface area contributed by atoms with Gasteiger partial charge in [0, 0.05) is 18.5 Å². The van der Waals surface area contributed by atoms with Gasteiger partial charge in [-0.2, -0.15) is 0 Å². The molecular weight excluding hydrogens is 461 g/mol. The second kappa shape index (κ2) is 11.7. The molecule has 0 spiro atoms. The Hall–Kier alpha value is -3.22. The highest BCUT2D eigenvalue weighted by molar-refractivity contribution is 5.96. The van der Waals surface area contributed by atoms with Crippen LogP contribution in [0.1, 0.15) is 80.1 Å². The highest BCUT2D eigenvalue weighted by atomic mass is 19.1. The van der Waals surface area contributed by atoms with Crippen LogP contribution in [0.25, 0.3) is 0 Å². The van der Waals surface area contributed by atoms with E-state index in [0.29, 0.717) is 69.2 Å². The van der Waals surface area contributed by atoms with Gasteiger partial charge < -0.3 is 15.2 Å². The van der Waals surface area contributed by atoms with Crippen LogP contribution in [-0.2, 0) is 15.0 Å². The number of carbonyl (C=O) groups excluding carboxylic acids is 2. The lowest BCUT2D eigenvalue weighted by molar-refractivity contribution is -0.143. The number of amides is 1. The maximum Gasteiger partial charge on any atom is 0.306 e. The fraction of sp³-hybridized carbons (Fsp3) is 0.483. The maximum absolute atomic E-state index is 13.8. The third kappa shape index (κ3) is 6.12. The molecule has 2 aromatic carbocycles. The third-order valence-electron chi connectivity index (χ3n) is 7.64. The third-order valence-corrected chi connectivity index (χ3v) is 7.64. The van der Waals surface area contributed by atoms with Gasteiger partial charge in [0.25, 0.3) is 0 Å². The second-order valence-corrected chi connectivity index (χ2v) is 10.0. The normalized spacial score (nSPS) is 21.0. The van der Waals surface area contributed by atoms with E-state index in [1.54, 1.807) is 30.3 Å². The molecule has 2 saturated carbocycles. The fourth-order valence-electron chi connectivity index (χ4n) is 5.52. The number of carbonyl (C=O) groups is 3. The Labute approximate surface area is 211 Å². The summed E-state index contributed by atoms with van der Waals surface area (Å²) in [6, 6.07) is 13.4. The number of Topliss-reactive ketones (excluding diaryl/α,β-unsaturated/α-hetero) is 1. The minimum atomic E-state index is -0.736. The largest absolute Gasteiger partial charge is 0.490 e. The summed E-state index contributed by atoms with van der Waals surface area (Å²) < 4.78 is 19.8. The van der Waals surface area contributed by atoms with E-state index in [1.807, 2.05) is 6.07 Å². The van der Waals surface area contributed by atoms with Gasteiger partial charge in [0.1, 0.15) is 11.6 Å². The highest BCUT2D eigenvalue weighted by Crippen LogP contribution is 2.41. The summed E-state index contributed by atoms with van der Waals surface area (Å²) in [5, 5.41) is 12.1. The zero-order chi connectivity index (χ0) is 25.5. The Morgan fingerprint density at radius 1 is 1.00 bits per heavy atom. The Balaban J connectivity index is 1.22. The van der Waals surface area contributed by atoms with Crippen LogP contribution in [0.2, 0.25) is 0 Å². The quantitative estimate of drug-likeness (QED) is 0.338. The van der Waals surface area contributed by atoms with Crippen molar-refractivity contribution in [2.45, 2.75) is 75.7 Å². The summed E-state index contributed by atoms with van der Waals surface area (Å²) in [7, 11) is 0. The van der Waals surface area contributed by atoms with Gasteiger partial charge in [0.05, 0.1) is 17.4 Å². The lowest BCUT2D eigenvalue weighted by Crippen LogP contribution is -2.43. The minimum Gasteiger partial charge on any atom is -0.490 e. The molecule has 0 unspecified atom stereocenters. The van der Waals surface area contributed by atoms with Crippen molar-refractivity contribution in [3.8, 4) is 5.75 Å². The number of nitrogens with one attached hydrogen (secondary N) is 1. The molecule has 0 aromatic heterocycles. The molecular formula is C29H34FNO5. The molecule has 0 aliphatic heterocycles. The molecule has 0 bridgehead atoms. The van der Waals surface area contributed by atoms with Gasteiger partial charge in [0.15, 0.2) is 5.78 Å². The van der Waals surface area contributed by atoms with E-state index in [1.165, 1.54) is 12.1 Å². The lowest BCUT2D eigenvalue weighted by atomic mass is 9.78. The molecule has 0 heterocycles. The van der Waals surface area contributed by atoms with Crippen molar-refractivity contribution in [2.75, 3.05) is 6.54 Å². The molecule has 2 N–H and O–H groups in total. The standard InChI is InChI=1S/C29H34FNO5/c30-23-6-3-5-22(19-23)29(16-1-2-17-29)28(35)31-18-4-7-26(32)20-8-12-24(13-9-20)36-25-14-10-21(11-15-25)27(33)34/h3,5-6,8-9,12-13,19,21,25H,1-2,4,7,10-11,14-18H2,(H,31,35)(H,33,34). The number of hydrogen-bond donors (Lipinski definition) is 2. The van der Waals surface area contributed by atoms with Crippen LogP contribution in [0.4, 0.5) is 4.39 Å². The van der Waals surface area contributed by atoms with E-state index >= 15 is 0 Å². The minimum absolute atomic E-state index is 0.00121. The first-order valence-electron chi connectivity index (χ1n) is 12.9. The molecule has 0 atom stereocenters. The predicted octanol–water partition coefficient (Wildman–Crippen LogP) is 5.44. The zero-order valence-corrected chi connectivity index (χ0v) is 20.5. The first-order valence-corrected chi connectivity index (χ1v) is 12.9. The van der Waals surface area contributed by atoms with Crippen molar-refractivity contribution in [2.24, 2.45) is 5.92 Å². The van der Waals surface area contributed by atoms with Crippen LogP contribution in [0.5, 0.6) is 5.75 Å². The van der Waals surface area contributed by atoms with Gasteiger partial charge >= 0.3 is 5.97 Å².